The number of hydrogen-bond acceptors (Lipinski definition) is 12. The zero-order chi connectivity index (χ0) is 61.7. The lowest BCUT2D eigenvalue weighted by Gasteiger charge is -2.35. The van der Waals surface area contributed by atoms with Crippen LogP contribution in [0.1, 0.15) is 149 Å². The summed E-state index contributed by atoms with van der Waals surface area (Å²) < 4.78 is 33.0. The number of nitrogens with zero attached hydrogens (tertiary/aromatic N) is 3. The molecule has 3 aliphatic rings. The maximum Gasteiger partial charge on any atom is 0.396 e. The van der Waals surface area contributed by atoms with Gasteiger partial charge in [-0.2, -0.15) is 0 Å². The van der Waals surface area contributed by atoms with Crippen molar-refractivity contribution in [1.29, 1.82) is 0 Å². The zero-order valence-corrected chi connectivity index (χ0v) is 50.8. The number of nitrogens with one attached hydrogen (secondary N) is 5. The third-order valence-electron chi connectivity index (χ3n) is 16.1. The highest BCUT2D eigenvalue weighted by molar-refractivity contribution is 7.70. The minimum absolute atomic E-state index is 0.0180. The molecule has 0 aliphatic carbocycles. The first-order valence-electron chi connectivity index (χ1n) is 28.6. The number of ether oxygens (including phenoxy) is 1. The normalized spacial score (nSPS) is 20.2. The number of aromatic amines is 1. The molecule has 85 heavy (non-hydrogen) atoms. The van der Waals surface area contributed by atoms with Gasteiger partial charge in [0, 0.05) is 48.0 Å². The van der Waals surface area contributed by atoms with E-state index in [1.54, 1.807) is 21.7 Å². The monoisotopic (exact) mass is 1230 g/mol. The molecule has 0 saturated carbocycles. The summed E-state index contributed by atoms with van der Waals surface area (Å²) in [5, 5.41) is 12.1. The number of aromatic nitrogens is 2. The van der Waals surface area contributed by atoms with Crippen LogP contribution in [0.5, 0.6) is 5.75 Å². The van der Waals surface area contributed by atoms with Gasteiger partial charge in [0.05, 0.1) is 33.2 Å². The van der Waals surface area contributed by atoms with Gasteiger partial charge in [-0.3, -0.25) is 42.9 Å². The highest BCUT2D eigenvalue weighted by atomic mass is 35.5. The molecule has 9 N–H and O–H groups in total. The van der Waals surface area contributed by atoms with E-state index in [4.69, 9.17) is 22.1 Å². The van der Waals surface area contributed by atoms with Crippen molar-refractivity contribution in [2.24, 2.45) is 17.1 Å². The third kappa shape index (κ3) is 15.7. The summed E-state index contributed by atoms with van der Waals surface area (Å²) in [5.41, 5.74) is 8.62. The molecule has 5 heterocycles. The minimum atomic E-state index is -5.06. The Balaban J connectivity index is 0.863. The molecule has 25 heteroatoms. The van der Waals surface area contributed by atoms with Crippen LogP contribution < -0.4 is 31.7 Å². The maximum absolute atomic E-state index is 15.3. The number of fused-ring (bicyclic) bond motifs is 2. The SMILES string of the molecule is Cc1ncsc1-c1ccc([C@H](C)NC(=O)[C@@H]2C[C@@H](C)CN2C(=O)[C@@H](NC(=O)CCCc2cc(F)cc(OC[C@H](CCC(N)=O)NC(=O)[C@@H]3CC[C@@H]4CCCC[C@H](NC(=O)c5cc6cc(C(=O)P(=O)(O)O)ccc6[nH]5)C(=O)N43)c2Cl)C(C)(C)C)cc1. The van der Waals surface area contributed by atoms with Gasteiger partial charge in [0.25, 0.3) is 11.4 Å². The molecule has 8 atom stereocenters. The molecule has 0 radical (unpaired) electrons. The Bertz CT molecular complexity index is 3400. The smallest absolute Gasteiger partial charge is 0.396 e. The fraction of sp³-hybridized carbons (Fsp3) is 0.483. The number of rotatable bonds is 22. The molecule has 0 unspecified atom stereocenters. The van der Waals surface area contributed by atoms with Crippen LogP contribution in [0.3, 0.4) is 0 Å². The molecule has 8 rings (SSSR count). The molecular formula is C60H74ClFN9O12PS. The topological polar surface area (TPSA) is 313 Å². The number of H-pyrrole nitrogens is 1. The van der Waals surface area contributed by atoms with Gasteiger partial charge < -0.3 is 56.3 Å². The van der Waals surface area contributed by atoms with E-state index in [2.05, 4.69) is 31.2 Å². The van der Waals surface area contributed by atoms with Gasteiger partial charge >= 0.3 is 7.60 Å². The summed E-state index contributed by atoms with van der Waals surface area (Å²) in [6, 6.07) is 10.3. The van der Waals surface area contributed by atoms with Crippen molar-refractivity contribution < 1.29 is 61.8 Å². The summed E-state index contributed by atoms with van der Waals surface area (Å²) in [5.74, 6) is -4.12. The van der Waals surface area contributed by atoms with Crippen LogP contribution in [0.25, 0.3) is 21.3 Å². The fourth-order valence-electron chi connectivity index (χ4n) is 11.5. The Labute approximate surface area is 501 Å². The molecule has 3 fully saturated rings. The van der Waals surface area contributed by atoms with Crippen LogP contribution >= 0.6 is 30.5 Å². The Kier molecular flexibility index (Phi) is 20.4. The molecule has 3 saturated heterocycles. The number of likely N-dealkylation sites (tertiary alicyclic amines) is 1. The molecule has 0 bridgehead atoms. The van der Waals surface area contributed by atoms with Crippen molar-refractivity contribution in [1.82, 2.24) is 41.0 Å². The molecule has 7 amide bonds. The van der Waals surface area contributed by atoms with E-state index >= 15 is 4.39 Å². The van der Waals surface area contributed by atoms with E-state index in [9.17, 15) is 52.7 Å². The number of amides is 7. The van der Waals surface area contributed by atoms with Crippen LogP contribution in [0.2, 0.25) is 5.02 Å². The van der Waals surface area contributed by atoms with Crippen molar-refractivity contribution in [3.05, 3.63) is 105 Å². The first-order chi connectivity index (χ1) is 40.2. The Morgan fingerprint density at radius 3 is 2.34 bits per heavy atom. The number of primary amides is 1. The van der Waals surface area contributed by atoms with Crippen LogP contribution in [0, 0.1) is 24.1 Å². The van der Waals surface area contributed by atoms with Gasteiger partial charge in [0.15, 0.2) is 0 Å². The van der Waals surface area contributed by atoms with Crippen molar-refractivity contribution >= 4 is 88.3 Å². The number of thiazole rings is 1. The number of carbonyl (C=O) groups is 8. The fourth-order valence-corrected chi connectivity index (χ4v) is 13.1. The highest BCUT2D eigenvalue weighted by Crippen LogP contribution is 2.40. The lowest BCUT2D eigenvalue weighted by atomic mass is 9.85. The Hall–Kier alpha value is -7.04. The van der Waals surface area contributed by atoms with Gasteiger partial charge in [0.1, 0.15) is 48.0 Å². The molecular weight excluding hydrogens is 1160 g/mol. The number of benzene rings is 3. The number of aryl methyl sites for hydroxylation is 2. The van der Waals surface area contributed by atoms with E-state index in [-0.39, 0.29) is 97.0 Å². The lowest BCUT2D eigenvalue weighted by Crippen LogP contribution is -2.57. The molecule has 2 aromatic heterocycles. The van der Waals surface area contributed by atoms with Crippen LogP contribution in [0.15, 0.2) is 66.2 Å². The van der Waals surface area contributed by atoms with Crippen molar-refractivity contribution in [3.8, 4) is 16.2 Å². The summed E-state index contributed by atoms with van der Waals surface area (Å²) in [6.45, 7) is 11.4. The second-order valence-corrected chi connectivity index (χ2v) is 26.4. The summed E-state index contributed by atoms with van der Waals surface area (Å²) in [7, 11) is -5.06. The molecule has 3 aromatic carbocycles. The van der Waals surface area contributed by atoms with Gasteiger partial charge in [-0.1, -0.05) is 76.4 Å². The third-order valence-corrected chi connectivity index (χ3v) is 18.3. The number of nitrogens with two attached hydrogens (primary N) is 1. The standard InChI is InChI=1S/C60H74ClFN9O12PS/c1-32-24-47(56(76)65-33(2)35-14-16-36(17-15-35)52-34(3)64-31-85-52)70(29-32)58(78)53(60(4,5)6)69-50(73)13-9-10-37-26-40(62)28-48(51(37)61)83-30-41(19-23-49(63)72)66-55(75)46-22-20-42-11-7-8-12-44(57(77)71(42)46)68-54(74)45-27-39-25-38(18-21-43(39)67-45)59(79)84(80,81)82/h14-18,21,25-28,31-33,41-42,44,46-47,53,67H,7-13,19-20,22-24,29-30H2,1-6H3,(H2,63,72)(H,65,76)(H,66,75)(H,68,74)(H,69,73)(H2,80,81,82)/t32-,33+,41+,42+,44+,46+,47+,53-/m1/s1. The predicted molar refractivity (Wildman–Crippen MR) is 318 cm³/mol. The average Bonchev–Trinajstić information content (AvgIpc) is 3.62. The van der Waals surface area contributed by atoms with Crippen LogP contribution in [-0.2, 0) is 39.8 Å². The van der Waals surface area contributed by atoms with Gasteiger partial charge in [0.2, 0.25) is 35.4 Å². The lowest BCUT2D eigenvalue weighted by molar-refractivity contribution is -0.144. The van der Waals surface area contributed by atoms with Gasteiger partial charge in [-0.05, 0) is 124 Å². The Morgan fingerprint density at radius 2 is 1.66 bits per heavy atom. The van der Waals surface area contributed by atoms with E-state index < -0.39 is 84.1 Å². The highest BCUT2D eigenvalue weighted by Gasteiger charge is 2.46. The van der Waals surface area contributed by atoms with Crippen molar-refractivity contribution in [3.63, 3.8) is 0 Å². The molecule has 456 valence electrons. The minimum Gasteiger partial charge on any atom is -0.490 e. The van der Waals surface area contributed by atoms with Crippen molar-refractivity contribution in [2.45, 2.75) is 161 Å². The van der Waals surface area contributed by atoms with Crippen LogP contribution in [0.4, 0.5) is 4.39 Å². The number of hydrogen-bond donors (Lipinski definition) is 8. The molecule has 5 aromatic rings. The average molecular weight is 1230 g/mol. The molecule has 0 spiro atoms. The first-order valence-corrected chi connectivity index (χ1v) is 31.5. The van der Waals surface area contributed by atoms with Gasteiger partial charge in [-0.15, -0.1) is 11.3 Å². The first kappa shape index (κ1) is 64.0. The van der Waals surface area contributed by atoms with E-state index in [1.165, 1.54) is 35.2 Å². The summed E-state index contributed by atoms with van der Waals surface area (Å²) in [4.78, 5) is 139. The second-order valence-electron chi connectivity index (χ2n) is 23.7. The van der Waals surface area contributed by atoms with Crippen LogP contribution in [-0.4, -0.2) is 126 Å². The molecule has 3 aliphatic heterocycles. The summed E-state index contributed by atoms with van der Waals surface area (Å²) in [6.07, 6.45) is 3.62. The van der Waals surface area contributed by atoms with E-state index in [1.807, 2.05) is 65.8 Å². The zero-order valence-electron chi connectivity index (χ0n) is 48.4. The maximum atomic E-state index is 15.3. The largest absolute Gasteiger partial charge is 0.490 e. The Morgan fingerprint density at radius 1 is 0.941 bits per heavy atom. The second kappa shape index (κ2) is 27.1. The van der Waals surface area contributed by atoms with Crippen molar-refractivity contribution in [2.75, 3.05) is 13.2 Å². The number of carbonyl (C=O) groups excluding carboxylic acids is 8. The summed E-state index contributed by atoms with van der Waals surface area (Å²) >= 11 is 8.39. The predicted octanol–water partition coefficient (Wildman–Crippen LogP) is 7.54. The van der Waals surface area contributed by atoms with E-state index in [0.29, 0.717) is 61.5 Å². The quantitative estimate of drug-likeness (QED) is 0.0311. The molecule has 21 nitrogen and oxygen atoms in total. The van der Waals surface area contributed by atoms with E-state index in [0.717, 1.165) is 27.8 Å². The number of halogens is 2. The van der Waals surface area contributed by atoms with Gasteiger partial charge in [-0.25, -0.2) is 9.37 Å².